The molecule has 124 valence electrons. The van der Waals surface area contributed by atoms with Crippen molar-refractivity contribution in [1.82, 2.24) is 9.21 Å². The fourth-order valence-corrected chi connectivity index (χ4v) is 5.99. The Morgan fingerprint density at radius 3 is 2.30 bits per heavy atom. The van der Waals surface area contributed by atoms with Gasteiger partial charge in [0.1, 0.15) is 5.54 Å². The lowest BCUT2D eigenvalue weighted by Crippen LogP contribution is -2.61. The van der Waals surface area contributed by atoms with Gasteiger partial charge in [0, 0.05) is 19.1 Å². The second-order valence-corrected chi connectivity index (χ2v) is 8.72. The molecule has 1 amide bonds. The molecule has 1 atom stereocenters. The third kappa shape index (κ3) is 2.31. The summed E-state index contributed by atoms with van der Waals surface area (Å²) in [6.07, 6.45) is 5.09. The number of nitrogens with zero attached hydrogens (tertiary/aromatic N) is 2. The molecule has 1 unspecified atom stereocenters. The minimum Gasteiger partial charge on any atom is -0.338 e. The van der Waals surface area contributed by atoms with Crippen LogP contribution in [-0.4, -0.2) is 48.2 Å². The predicted octanol–water partition coefficient (Wildman–Crippen LogP) is 1.99. The van der Waals surface area contributed by atoms with E-state index in [1.54, 1.807) is 30.3 Å². The standard InChI is InChI=1S/C17H22N2O3S/c20-16-17(10-4-12-18(16)14-8-9-14)11-5-13-19(17)23(21,22)15-6-2-1-3-7-15/h1-3,6-7,14H,4-5,8-13H2. The second kappa shape index (κ2) is 5.31. The molecule has 2 aliphatic heterocycles. The predicted molar refractivity (Wildman–Crippen MR) is 86.3 cm³/mol. The normalized spacial score (nSPS) is 29.4. The molecule has 1 aromatic carbocycles. The van der Waals surface area contributed by atoms with Gasteiger partial charge in [-0.3, -0.25) is 4.79 Å². The van der Waals surface area contributed by atoms with Crippen molar-refractivity contribution < 1.29 is 13.2 Å². The van der Waals surface area contributed by atoms with E-state index in [0.29, 0.717) is 25.4 Å². The Morgan fingerprint density at radius 1 is 1.00 bits per heavy atom. The van der Waals surface area contributed by atoms with Gasteiger partial charge in [-0.05, 0) is 50.7 Å². The van der Waals surface area contributed by atoms with Crippen LogP contribution in [0.15, 0.2) is 35.2 Å². The van der Waals surface area contributed by atoms with Crippen LogP contribution in [0.5, 0.6) is 0 Å². The molecular formula is C17H22N2O3S. The SMILES string of the molecule is O=C1N(C2CC2)CCCC12CCCN2S(=O)(=O)c1ccccc1. The number of hydrogen-bond donors (Lipinski definition) is 0. The number of sulfonamides is 1. The average Bonchev–Trinajstić information content (AvgIpc) is 3.31. The van der Waals surface area contributed by atoms with E-state index in [-0.39, 0.29) is 10.8 Å². The topological polar surface area (TPSA) is 57.7 Å². The molecule has 0 bridgehead atoms. The number of hydrogen-bond acceptors (Lipinski definition) is 3. The molecule has 1 saturated carbocycles. The van der Waals surface area contributed by atoms with Gasteiger partial charge >= 0.3 is 0 Å². The lowest BCUT2D eigenvalue weighted by Gasteiger charge is -2.44. The van der Waals surface area contributed by atoms with Crippen molar-refractivity contribution in [3.63, 3.8) is 0 Å². The van der Waals surface area contributed by atoms with Crippen molar-refractivity contribution in [2.75, 3.05) is 13.1 Å². The Kier molecular flexibility index (Phi) is 3.50. The van der Waals surface area contributed by atoms with Crippen molar-refractivity contribution >= 4 is 15.9 Å². The fourth-order valence-electron chi connectivity index (χ4n) is 4.14. The van der Waals surface area contributed by atoms with Crippen LogP contribution in [0.3, 0.4) is 0 Å². The summed E-state index contributed by atoms with van der Waals surface area (Å²) >= 11 is 0. The van der Waals surface area contributed by atoms with E-state index < -0.39 is 15.6 Å². The number of carbonyl (C=O) groups is 1. The molecule has 1 aliphatic carbocycles. The molecule has 1 spiro atoms. The number of piperidine rings is 1. The first-order valence-electron chi connectivity index (χ1n) is 8.45. The highest BCUT2D eigenvalue weighted by Gasteiger charge is 2.56. The average molecular weight is 334 g/mol. The van der Waals surface area contributed by atoms with Gasteiger partial charge in [-0.15, -0.1) is 0 Å². The summed E-state index contributed by atoms with van der Waals surface area (Å²) in [5, 5.41) is 0. The summed E-state index contributed by atoms with van der Waals surface area (Å²) in [5.41, 5.74) is -0.838. The molecule has 3 aliphatic rings. The van der Waals surface area contributed by atoms with Crippen LogP contribution < -0.4 is 0 Å². The number of rotatable bonds is 3. The van der Waals surface area contributed by atoms with Crippen molar-refractivity contribution in [3.8, 4) is 0 Å². The lowest BCUT2D eigenvalue weighted by molar-refractivity contribution is -0.145. The highest BCUT2D eigenvalue weighted by Crippen LogP contribution is 2.44. The molecule has 0 aromatic heterocycles. The van der Waals surface area contributed by atoms with Crippen molar-refractivity contribution in [2.45, 2.75) is 55.0 Å². The van der Waals surface area contributed by atoms with Gasteiger partial charge < -0.3 is 4.90 Å². The third-order valence-electron chi connectivity index (χ3n) is 5.40. The van der Waals surface area contributed by atoms with Crippen LogP contribution in [0.25, 0.3) is 0 Å². The van der Waals surface area contributed by atoms with Gasteiger partial charge in [-0.25, -0.2) is 8.42 Å². The molecule has 6 heteroatoms. The van der Waals surface area contributed by atoms with Crippen LogP contribution in [0, 0.1) is 0 Å². The minimum absolute atomic E-state index is 0.0447. The van der Waals surface area contributed by atoms with E-state index in [1.165, 1.54) is 4.31 Å². The molecule has 2 heterocycles. The van der Waals surface area contributed by atoms with E-state index in [9.17, 15) is 13.2 Å². The summed E-state index contributed by atoms with van der Waals surface area (Å²) in [5.74, 6) is 0.0447. The van der Waals surface area contributed by atoms with E-state index in [0.717, 1.165) is 32.2 Å². The van der Waals surface area contributed by atoms with Crippen LogP contribution in [-0.2, 0) is 14.8 Å². The number of amides is 1. The third-order valence-corrected chi connectivity index (χ3v) is 7.38. The molecular weight excluding hydrogens is 312 g/mol. The van der Waals surface area contributed by atoms with Crippen LogP contribution in [0.2, 0.25) is 0 Å². The Bertz CT molecular complexity index is 715. The second-order valence-electron chi connectivity index (χ2n) is 6.86. The van der Waals surface area contributed by atoms with E-state index >= 15 is 0 Å². The highest BCUT2D eigenvalue weighted by atomic mass is 32.2. The molecule has 0 radical (unpaired) electrons. The maximum absolute atomic E-state index is 13.1. The van der Waals surface area contributed by atoms with Gasteiger partial charge in [0.15, 0.2) is 0 Å². The van der Waals surface area contributed by atoms with Crippen molar-refractivity contribution in [2.24, 2.45) is 0 Å². The first kappa shape index (κ1) is 15.1. The molecule has 1 aromatic rings. The van der Waals surface area contributed by atoms with Gasteiger partial charge in [-0.2, -0.15) is 4.31 Å². The van der Waals surface area contributed by atoms with E-state index in [4.69, 9.17) is 0 Å². The first-order chi connectivity index (χ1) is 11.1. The summed E-state index contributed by atoms with van der Waals surface area (Å²) in [6.45, 7) is 1.23. The summed E-state index contributed by atoms with van der Waals surface area (Å²) in [4.78, 5) is 15.4. The molecule has 23 heavy (non-hydrogen) atoms. The molecule has 2 saturated heterocycles. The first-order valence-corrected chi connectivity index (χ1v) is 9.89. The molecule has 3 fully saturated rings. The van der Waals surface area contributed by atoms with Gasteiger partial charge in [0.25, 0.3) is 0 Å². The minimum atomic E-state index is -3.62. The zero-order valence-corrected chi connectivity index (χ0v) is 14.0. The highest BCUT2D eigenvalue weighted by molar-refractivity contribution is 7.89. The Hall–Kier alpha value is -1.40. The molecule has 0 N–H and O–H groups in total. The maximum Gasteiger partial charge on any atom is 0.244 e. The Labute approximate surface area is 137 Å². The van der Waals surface area contributed by atoms with E-state index in [1.807, 2.05) is 4.90 Å². The number of benzene rings is 1. The van der Waals surface area contributed by atoms with Crippen LogP contribution >= 0.6 is 0 Å². The zero-order valence-electron chi connectivity index (χ0n) is 13.1. The number of carbonyl (C=O) groups excluding carboxylic acids is 1. The van der Waals surface area contributed by atoms with E-state index in [2.05, 4.69) is 0 Å². The Balaban J connectivity index is 1.72. The Morgan fingerprint density at radius 2 is 1.65 bits per heavy atom. The smallest absolute Gasteiger partial charge is 0.244 e. The van der Waals surface area contributed by atoms with Gasteiger partial charge in [0.2, 0.25) is 15.9 Å². The maximum atomic E-state index is 13.1. The zero-order chi connectivity index (χ0) is 16.1. The lowest BCUT2D eigenvalue weighted by atomic mass is 9.86. The molecule has 5 nitrogen and oxygen atoms in total. The molecule has 4 rings (SSSR count). The van der Waals surface area contributed by atoms with Crippen molar-refractivity contribution in [1.29, 1.82) is 0 Å². The largest absolute Gasteiger partial charge is 0.338 e. The van der Waals surface area contributed by atoms with Crippen molar-refractivity contribution in [3.05, 3.63) is 30.3 Å². The van der Waals surface area contributed by atoms with Gasteiger partial charge in [-0.1, -0.05) is 18.2 Å². The monoisotopic (exact) mass is 334 g/mol. The van der Waals surface area contributed by atoms with Crippen LogP contribution in [0.4, 0.5) is 0 Å². The number of likely N-dealkylation sites (tertiary alicyclic amines) is 1. The van der Waals surface area contributed by atoms with Crippen LogP contribution in [0.1, 0.15) is 38.5 Å². The quantitative estimate of drug-likeness (QED) is 0.849. The summed E-state index contributed by atoms with van der Waals surface area (Å²) in [7, 11) is -3.62. The van der Waals surface area contributed by atoms with Gasteiger partial charge in [0.05, 0.1) is 4.90 Å². The summed E-state index contributed by atoms with van der Waals surface area (Å²) < 4.78 is 27.7. The fraction of sp³-hybridized carbons (Fsp3) is 0.588. The summed E-state index contributed by atoms with van der Waals surface area (Å²) in [6, 6.07) is 8.85.